The van der Waals surface area contributed by atoms with E-state index in [-0.39, 0.29) is 0 Å². The van der Waals surface area contributed by atoms with Gasteiger partial charge in [0.2, 0.25) is 0 Å². The van der Waals surface area contributed by atoms with Gasteiger partial charge < -0.3 is 19.3 Å². The second-order valence-corrected chi connectivity index (χ2v) is 5.44. The minimum absolute atomic E-state index is 0.662. The monoisotopic (exact) mass is 294 g/mol. The van der Waals surface area contributed by atoms with Gasteiger partial charge in [-0.3, -0.25) is 0 Å². The van der Waals surface area contributed by atoms with Gasteiger partial charge in [0, 0.05) is 19.6 Å². The summed E-state index contributed by atoms with van der Waals surface area (Å²) < 4.78 is 11.2. The van der Waals surface area contributed by atoms with Crippen LogP contribution in [0.25, 0.3) is 0 Å². The number of hydrogen-bond acceptors (Lipinski definition) is 4. The van der Waals surface area contributed by atoms with Gasteiger partial charge >= 0.3 is 0 Å². The van der Waals surface area contributed by atoms with Gasteiger partial charge in [-0.25, -0.2) is 0 Å². The Morgan fingerprint density at radius 3 is 2.70 bits per heavy atom. The molecule has 110 valence electrons. The van der Waals surface area contributed by atoms with E-state index in [2.05, 4.69) is 9.80 Å². The Labute approximate surface area is 126 Å². The highest BCUT2D eigenvalue weighted by molar-refractivity contribution is 7.80. The van der Waals surface area contributed by atoms with E-state index < -0.39 is 0 Å². The van der Waals surface area contributed by atoms with E-state index in [1.807, 2.05) is 38.4 Å². The van der Waals surface area contributed by atoms with Crippen LogP contribution < -0.4 is 4.74 Å². The zero-order chi connectivity index (χ0) is 14.4. The smallest absolute Gasteiger partial charge is 0.129 e. The number of thiocarbonyl (C=S) groups is 1. The topological polar surface area (TPSA) is 24.9 Å². The molecule has 0 aliphatic carbocycles. The van der Waals surface area contributed by atoms with Crippen LogP contribution in [-0.2, 0) is 4.74 Å². The molecule has 1 aliphatic heterocycles. The molecular weight excluding hydrogens is 272 g/mol. The molecule has 0 unspecified atom stereocenters. The van der Waals surface area contributed by atoms with Gasteiger partial charge in [-0.05, 0) is 26.2 Å². The largest absolute Gasteiger partial charge is 0.492 e. The average molecular weight is 294 g/mol. The fourth-order valence-electron chi connectivity index (χ4n) is 2.04. The summed E-state index contributed by atoms with van der Waals surface area (Å²) in [5, 5.41) is 0. The normalized spacial score (nSPS) is 15.4. The number of nitrogens with zero attached hydrogens (tertiary/aromatic N) is 2. The molecule has 4 nitrogen and oxygen atoms in total. The summed E-state index contributed by atoms with van der Waals surface area (Å²) in [4.78, 5) is 5.14. The molecule has 0 amide bonds. The number of ether oxygens (including phenoxy) is 2. The summed E-state index contributed by atoms with van der Waals surface area (Å²) in [7, 11) is 4.07. The van der Waals surface area contributed by atoms with Crippen LogP contribution >= 0.6 is 12.2 Å². The highest BCUT2D eigenvalue weighted by Gasteiger charge is 2.18. The van der Waals surface area contributed by atoms with E-state index in [1.165, 1.54) is 0 Å². The van der Waals surface area contributed by atoms with Gasteiger partial charge in [-0.2, -0.15) is 0 Å². The lowest BCUT2D eigenvalue weighted by Gasteiger charge is -2.29. The molecule has 1 aromatic carbocycles. The highest BCUT2D eigenvalue weighted by Crippen LogP contribution is 2.21. The second-order valence-electron chi connectivity index (χ2n) is 5.05. The zero-order valence-corrected chi connectivity index (χ0v) is 13.0. The van der Waals surface area contributed by atoms with Crippen LogP contribution in [0.4, 0.5) is 0 Å². The average Bonchev–Trinajstić information content (AvgIpc) is 2.47. The Hall–Kier alpha value is -1.17. The molecule has 0 aromatic heterocycles. The van der Waals surface area contributed by atoms with Crippen molar-refractivity contribution in [3.63, 3.8) is 0 Å². The predicted octanol–water partition coefficient (Wildman–Crippen LogP) is 1.63. The maximum Gasteiger partial charge on any atom is 0.129 e. The van der Waals surface area contributed by atoms with Crippen LogP contribution in [0.2, 0.25) is 0 Å². The highest BCUT2D eigenvalue weighted by atomic mass is 32.1. The SMILES string of the molecule is CN(C)CCOc1ccccc1C(=S)N1CCOCC1. The molecule has 2 rings (SSSR count). The summed E-state index contributed by atoms with van der Waals surface area (Å²) >= 11 is 5.61. The lowest BCUT2D eigenvalue weighted by molar-refractivity contribution is 0.0692. The number of morpholine rings is 1. The van der Waals surface area contributed by atoms with Crippen molar-refractivity contribution < 1.29 is 9.47 Å². The molecule has 0 atom stereocenters. The summed E-state index contributed by atoms with van der Waals surface area (Å²) in [5.41, 5.74) is 1.00. The van der Waals surface area contributed by atoms with E-state index in [9.17, 15) is 0 Å². The third-order valence-electron chi connectivity index (χ3n) is 3.21. The van der Waals surface area contributed by atoms with E-state index in [4.69, 9.17) is 21.7 Å². The molecule has 20 heavy (non-hydrogen) atoms. The maximum atomic E-state index is 5.87. The van der Waals surface area contributed by atoms with Gasteiger partial charge in [-0.15, -0.1) is 0 Å². The van der Waals surface area contributed by atoms with Gasteiger partial charge in [0.25, 0.3) is 0 Å². The fourth-order valence-corrected chi connectivity index (χ4v) is 2.40. The molecule has 0 bridgehead atoms. The van der Waals surface area contributed by atoms with Crippen molar-refractivity contribution in [1.82, 2.24) is 9.80 Å². The Balaban J connectivity index is 2.04. The molecule has 0 radical (unpaired) electrons. The fraction of sp³-hybridized carbons (Fsp3) is 0.533. The molecule has 1 aliphatic rings. The molecule has 1 heterocycles. The zero-order valence-electron chi connectivity index (χ0n) is 12.2. The van der Waals surface area contributed by atoms with Crippen LogP contribution in [0.1, 0.15) is 5.56 Å². The van der Waals surface area contributed by atoms with Crippen molar-refractivity contribution in [2.45, 2.75) is 0 Å². The van der Waals surface area contributed by atoms with Crippen molar-refractivity contribution >= 4 is 17.2 Å². The third-order valence-corrected chi connectivity index (χ3v) is 3.69. The summed E-state index contributed by atoms with van der Waals surface area (Å²) in [5.74, 6) is 0.867. The lowest BCUT2D eigenvalue weighted by Crippen LogP contribution is -2.40. The van der Waals surface area contributed by atoms with E-state index >= 15 is 0 Å². The molecule has 0 spiro atoms. The first-order valence-corrected chi connectivity index (χ1v) is 7.33. The summed E-state index contributed by atoms with van der Waals surface area (Å²) in [6.07, 6.45) is 0. The first kappa shape index (κ1) is 15.2. The Kier molecular flexibility index (Phi) is 5.76. The van der Waals surface area contributed by atoms with Crippen LogP contribution in [0, 0.1) is 0 Å². The lowest BCUT2D eigenvalue weighted by atomic mass is 10.2. The minimum Gasteiger partial charge on any atom is -0.492 e. The first-order chi connectivity index (χ1) is 9.68. The predicted molar refractivity (Wildman–Crippen MR) is 84.6 cm³/mol. The van der Waals surface area contributed by atoms with Crippen molar-refractivity contribution in [1.29, 1.82) is 0 Å². The molecule has 1 aromatic rings. The Bertz CT molecular complexity index is 445. The van der Waals surface area contributed by atoms with Gasteiger partial charge in [0.15, 0.2) is 0 Å². The van der Waals surface area contributed by atoms with Crippen LogP contribution in [0.5, 0.6) is 5.75 Å². The standard InChI is InChI=1S/C15H22N2O2S/c1-16(2)7-12-19-14-6-4-3-5-13(14)15(20)17-8-10-18-11-9-17/h3-6H,7-12H2,1-2H3. The van der Waals surface area contributed by atoms with E-state index in [1.54, 1.807) is 0 Å². The third kappa shape index (κ3) is 4.16. The van der Waals surface area contributed by atoms with Gasteiger partial charge in [0.05, 0.1) is 18.8 Å². The Morgan fingerprint density at radius 1 is 1.30 bits per heavy atom. The number of likely N-dealkylation sites (N-methyl/N-ethyl adjacent to an activating group) is 1. The van der Waals surface area contributed by atoms with Crippen molar-refractivity contribution in [2.24, 2.45) is 0 Å². The van der Waals surface area contributed by atoms with Crippen LogP contribution in [0.3, 0.4) is 0 Å². The van der Waals surface area contributed by atoms with E-state index in [0.717, 1.165) is 49.1 Å². The summed E-state index contributed by atoms with van der Waals surface area (Å²) in [6, 6.07) is 8.00. The number of benzene rings is 1. The van der Waals surface area contributed by atoms with Crippen molar-refractivity contribution in [2.75, 3.05) is 53.6 Å². The number of para-hydroxylation sites is 1. The second kappa shape index (κ2) is 7.57. The summed E-state index contributed by atoms with van der Waals surface area (Å²) in [6.45, 7) is 4.73. The number of rotatable bonds is 5. The molecular formula is C15H22N2O2S. The van der Waals surface area contributed by atoms with Crippen molar-refractivity contribution in [3.8, 4) is 5.75 Å². The minimum atomic E-state index is 0.662. The molecule has 1 saturated heterocycles. The van der Waals surface area contributed by atoms with E-state index in [0.29, 0.717) is 6.61 Å². The molecule has 0 saturated carbocycles. The van der Waals surface area contributed by atoms with Gasteiger partial charge in [-0.1, -0.05) is 24.4 Å². The Morgan fingerprint density at radius 2 is 2.00 bits per heavy atom. The molecule has 0 N–H and O–H groups in total. The molecule has 5 heteroatoms. The molecule has 1 fully saturated rings. The van der Waals surface area contributed by atoms with Crippen LogP contribution in [-0.4, -0.2) is 68.3 Å². The quantitative estimate of drug-likeness (QED) is 0.769. The van der Waals surface area contributed by atoms with Crippen LogP contribution in [0.15, 0.2) is 24.3 Å². The number of hydrogen-bond donors (Lipinski definition) is 0. The first-order valence-electron chi connectivity index (χ1n) is 6.92. The maximum absolute atomic E-state index is 5.87. The van der Waals surface area contributed by atoms with Gasteiger partial charge in [0.1, 0.15) is 17.3 Å². The van der Waals surface area contributed by atoms with Crippen molar-refractivity contribution in [3.05, 3.63) is 29.8 Å².